The molecule has 2 saturated heterocycles. The molecule has 3 aromatic carbocycles. The Morgan fingerprint density at radius 2 is 1.74 bits per heavy atom. The maximum atomic E-state index is 15.2. The number of imide groups is 4. The molecule has 4 aliphatic rings. The van der Waals surface area contributed by atoms with Crippen molar-refractivity contribution in [2.45, 2.75) is 31.1 Å². The van der Waals surface area contributed by atoms with Gasteiger partial charge < -0.3 is 15.6 Å². The number of carbonyl (C=O) groups is 5. The fourth-order valence-corrected chi connectivity index (χ4v) is 8.50. The van der Waals surface area contributed by atoms with Gasteiger partial charge in [-0.05, 0) is 67.1 Å². The molecule has 0 spiro atoms. The molecule has 0 radical (unpaired) electrons. The second-order valence-electron chi connectivity index (χ2n) is 12.1. The number of primary amides is 1. The maximum absolute atomic E-state index is 15.2. The molecule has 0 aromatic heterocycles. The van der Waals surface area contributed by atoms with Crippen molar-refractivity contribution in [2.75, 3.05) is 11.5 Å². The number of rotatable bonds is 5. The van der Waals surface area contributed by atoms with E-state index in [1.807, 2.05) is 36.4 Å². The van der Waals surface area contributed by atoms with E-state index in [9.17, 15) is 24.3 Å². The molecule has 2 aliphatic carbocycles. The fraction of sp³-hybridized carbons (Fsp3) is 0.286. The molecule has 11 heteroatoms. The van der Waals surface area contributed by atoms with Crippen LogP contribution in [-0.2, 0) is 24.6 Å². The third-order valence-corrected chi connectivity index (χ3v) is 10.2. The minimum absolute atomic E-state index is 0.0715. The van der Waals surface area contributed by atoms with Gasteiger partial charge in [0.05, 0.1) is 35.5 Å². The summed E-state index contributed by atoms with van der Waals surface area (Å²) in [5.41, 5.74) is 6.20. The summed E-state index contributed by atoms with van der Waals surface area (Å²) in [6.45, 7) is 2.05. The van der Waals surface area contributed by atoms with E-state index in [-0.39, 0.29) is 30.9 Å². The number of hydrogen-bond acceptors (Lipinski definition) is 7. The Kier molecular flexibility index (Phi) is 7.01. The van der Waals surface area contributed by atoms with E-state index in [0.717, 1.165) is 0 Å². The largest absolute Gasteiger partial charge is 0.504 e. The average molecular weight is 640 g/mol. The van der Waals surface area contributed by atoms with Crippen molar-refractivity contribution < 1.29 is 33.8 Å². The van der Waals surface area contributed by atoms with Crippen LogP contribution in [0.25, 0.3) is 0 Å². The maximum Gasteiger partial charge on any atom is 0.328 e. The Bertz CT molecular complexity index is 1860. The topological polar surface area (TPSA) is 147 Å². The van der Waals surface area contributed by atoms with E-state index in [1.54, 1.807) is 43.3 Å². The summed E-state index contributed by atoms with van der Waals surface area (Å²) < 4.78 is 5.74. The van der Waals surface area contributed by atoms with Gasteiger partial charge in [0.2, 0.25) is 23.6 Å². The van der Waals surface area contributed by atoms with Gasteiger partial charge in [-0.1, -0.05) is 65.7 Å². The highest BCUT2D eigenvalue weighted by molar-refractivity contribution is 6.32. The van der Waals surface area contributed by atoms with Gasteiger partial charge in [-0.3, -0.25) is 19.2 Å². The van der Waals surface area contributed by atoms with Gasteiger partial charge in [0.25, 0.3) is 0 Å². The highest BCUT2D eigenvalue weighted by Gasteiger charge is 2.70. The van der Waals surface area contributed by atoms with E-state index in [0.29, 0.717) is 32.3 Å². The van der Waals surface area contributed by atoms with Crippen molar-refractivity contribution in [3.8, 4) is 11.5 Å². The van der Waals surface area contributed by atoms with Crippen LogP contribution in [0.15, 0.2) is 84.4 Å². The third kappa shape index (κ3) is 4.05. The smallest absolute Gasteiger partial charge is 0.328 e. The number of nitrogens with two attached hydrogens (primary N) is 1. The van der Waals surface area contributed by atoms with Crippen LogP contribution >= 0.6 is 11.6 Å². The minimum atomic E-state index is -1.48. The Labute approximate surface area is 269 Å². The lowest BCUT2D eigenvalue weighted by Gasteiger charge is -2.50. The van der Waals surface area contributed by atoms with Gasteiger partial charge in [0, 0.05) is 10.9 Å². The number of anilines is 1. The SMILES string of the molecule is CCOc1cc(C2C3=CCC4C(=O)N(C(N)=O)C(=O)C4C3CC3C(=O)N(c4cccc(Cl)c4)C(=O)C32c2ccccc2)ccc1O. The summed E-state index contributed by atoms with van der Waals surface area (Å²) in [7, 11) is 0. The molecule has 234 valence electrons. The van der Waals surface area contributed by atoms with E-state index >= 15 is 4.79 Å². The molecule has 1 saturated carbocycles. The summed E-state index contributed by atoms with van der Waals surface area (Å²) >= 11 is 6.33. The van der Waals surface area contributed by atoms with Crippen molar-refractivity contribution in [3.05, 3.63) is 101 Å². The molecule has 2 heterocycles. The minimum Gasteiger partial charge on any atom is -0.504 e. The molecular weight excluding hydrogens is 610 g/mol. The lowest BCUT2D eigenvalue weighted by molar-refractivity contribution is -0.136. The Hall–Kier alpha value is -4.96. The van der Waals surface area contributed by atoms with Gasteiger partial charge in [-0.15, -0.1) is 0 Å². The van der Waals surface area contributed by atoms with Crippen LogP contribution in [0.1, 0.15) is 36.8 Å². The summed E-state index contributed by atoms with van der Waals surface area (Å²) in [4.78, 5) is 70.7. The number of aromatic hydroxyl groups is 1. The number of halogens is 1. The number of phenols is 1. The Balaban J connectivity index is 1.51. The molecule has 0 bridgehead atoms. The van der Waals surface area contributed by atoms with Crippen LogP contribution in [-0.4, -0.2) is 46.3 Å². The molecule has 46 heavy (non-hydrogen) atoms. The zero-order valence-electron chi connectivity index (χ0n) is 24.8. The lowest BCUT2D eigenvalue weighted by Crippen LogP contribution is -2.53. The first kappa shape index (κ1) is 29.7. The molecule has 10 nitrogen and oxygen atoms in total. The van der Waals surface area contributed by atoms with E-state index in [4.69, 9.17) is 22.1 Å². The first-order chi connectivity index (χ1) is 22.1. The number of carbonyl (C=O) groups excluding carboxylic acids is 5. The third-order valence-electron chi connectivity index (χ3n) is 10.0. The van der Waals surface area contributed by atoms with Gasteiger partial charge in [0.1, 0.15) is 0 Å². The van der Waals surface area contributed by atoms with E-state index in [1.165, 1.54) is 11.0 Å². The molecule has 2 aliphatic heterocycles. The predicted molar refractivity (Wildman–Crippen MR) is 167 cm³/mol. The first-order valence-electron chi connectivity index (χ1n) is 15.1. The zero-order valence-corrected chi connectivity index (χ0v) is 25.5. The number of benzene rings is 3. The van der Waals surface area contributed by atoms with Crippen LogP contribution < -0.4 is 15.4 Å². The van der Waals surface area contributed by atoms with Gasteiger partial charge in [0.15, 0.2) is 11.5 Å². The van der Waals surface area contributed by atoms with Gasteiger partial charge >= 0.3 is 6.03 Å². The molecule has 3 N–H and O–H groups in total. The second-order valence-corrected chi connectivity index (χ2v) is 12.5. The van der Waals surface area contributed by atoms with Crippen molar-refractivity contribution >= 4 is 46.9 Å². The number of urea groups is 1. The van der Waals surface area contributed by atoms with Crippen LogP contribution in [0.5, 0.6) is 11.5 Å². The summed E-state index contributed by atoms with van der Waals surface area (Å²) in [5, 5.41) is 11.0. The Morgan fingerprint density at radius 3 is 2.43 bits per heavy atom. The molecule has 3 aromatic rings. The first-order valence-corrected chi connectivity index (χ1v) is 15.5. The normalized spacial score (nSPS) is 28.5. The standard InChI is InChI=1S/C35H30ClN3O7/c1-2-46-27-15-18(11-14-26(27)40)29-22-12-13-23-28(32(43)39(30(23)41)34(37)45)24(22)17-25-31(42)38(21-10-6-9-20(36)16-21)33(44)35(25,29)19-7-4-3-5-8-19/h3-12,14-16,23-25,28-29,40H,2,13,17H2,1H3,(H2,37,45). The number of likely N-dealkylation sites (tertiary alicyclic amines) is 1. The zero-order chi connectivity index (χ0) is 32.5. The molecular formula is C35H30ClN3O7. The number of nitrogens with zero attached hydrogens (tertiary/aromatic N) is 2. The second kappa shape index (κ2) is 10.8. The molecule has 6 atom stereocenters. The molecule has 6 unspecified atom stereocenters. The quantitative estimate of drug-likeness (QED) is 0.304. The van der Waals surface area contributed by atoms with E-state index < -0.39 is 64.7 Å². The number of amides is 6. The number of fused-ring (bicyclic) bond motifs is 4. The van der Waals surface area contributed by atoms with E-state index in [2.05, 4.69) is 0 Å². The monoisotopic (exact) mass is 639 g/mol. The molecule has 6 amide bonds. The van der Waals surface area contributed by atoms with Crippen molar-refractivity contribution in [2.24, 2.45) is 29.4 Å². The molecule has 7 rings (SSSR count). The Morgan fingerprint density at radius 1 is 0.978 bits per heavy atom. The van der Waals surface area contributed by atoms with Gasteiger partial charge in [-0.2, -0.15) is 4.90 Å². The van der Waals surface area contributed by atoms with Crippen LogP contribution in [0, 0.1) is 23.7 Å². The molecule has 3 fully saturated rings. The van der Waals surface area contributed by atoms with Gasteiger partial charge in [-0.25, -0.2) is 9.69 Å². The summed E-state index contributed by atoms with van der Waals surface area (Å²) in [5.74, 6) is -6.39. The number of allylic oxidation sites excluding steroid dienone is 2. The van der Waals surface area contributed by atoms with Crippen molar-refractivity contribution in [3.63, 3.8) is 0 Å². The van der Waals surface area contributed by atoms with Crippen LogP contribution in [0.2, 0.25) is 5.02 Å². The lowest BCUT2D eigenvalue weighted by atomic mass is 9.49. The van der Waals surface area contributed by atoms with Crippen molar-refractivity contribution in [1.82, 2.24) is 4.90 Å². The van der Waals surface area contributed by atoms with Crippen LogP contribution in [0.4, 0.5) is 10.5 Å². The van der Waals surface area contributed by atoms with Crippen molar-refractivity contribution in [1.29, 1.82) is 0 Å². The summed E-state index contributed by atoms with van der Waals surface area (Å²) in [6, 6.07) is 19.3. The number of hydrogen-bond donors (Lipinski definition) is 2. The summed E-state index contributed by atoms with van der Waals surface area (Å²) in [6.07, 6.45) is 2.09. The van der Waals surface area contributed by atoms with Crippen LogP contribution in [0.3, 0.4) is 0 Å². The fourth-order valence-electron chi connectivity index (χ4n) is 8.32. The average Bonchev–Trinajstić information content (AvgIpc) is 3.43. The highest BCUT2D eigenvalue weighted by atomic mass is 35.5. The predicted octanol–water partition coefficient (Wildman–Crippen LogP) is 4.69. The number of ether oxygens (including phenoxy) is 1. The highest BCUT2D eigenvalue weighted by Crippen LogP contribution is 2.64. The number of phenolic OH excluding ortho intramolecular Hbond substituents is 1.